The quantitative estimate of drug-likeness (QED) is 0.576. The van der Waals surface area contributed by atoms with Crippen LogP contribution in [0.2, 0.25) is 0 Å². The first-order valence-electron chi connectivity index (χ1n) is 6.87. The van der Waals surface area contributed by atoms with Crippen molar-refractivity contribution < 1.29 is 14.3 Å². The average molecular weight is 269 g/mol. The Hall–Kier alpha value is -1.94. The summed E-state index contributed by atoms with van der Waals surface area (Å²) in [7, 11) is 0. The van der Waals surface area contributed by atoms with Gasteiger partial charge < -0.3 is 4.74 Å². The van der Waals surface area contributed by atoms with Gasteiger partial charge in [-0.05, 0) is 31.0 Å². The van der Waals surface area contributed by atoms with Crippen LogP contribution in [-0.4, -0.2) is 24.0 Å². The van der Waals surface area contributed by atoms with E-state index in [4.69, 9.17) is 4.74 Å². The van der Waals surface area contributed by atoms with Crippen molar-refractivity contribution in [2.45, 2.75) is 26.1 Å². The van der Waals surface area contributed by atoms with Crippen molar-refractivity contribution in [1.29, 1.82) is 0 Å². The van der Waals surface area contributed by atoms with E-state index in [9.17, 15) is 9.59 Å². The fourth-order valence-electron chi connectivity index (χ4n) is 3.52. The molecular formula is C16H15NO3. The van der Waals surface area contributed by atoms with Crippen molar-refractivity contribution in [2.75, 3.05) is 4.90 Å². The topological polar surface area (TPSA) is 46.6 Å². The minimum atomic E-state index is -0.336. The van der Waals surface area contributed by atoms with E-state index in [1.165, 1.54) is 4.90 Å². The minimum Gasteiger partial charge on any atom is -0.365 e. The average Bonchev–Trinajstić information content (AvgIpc) is 3.09. The molecule has 3 heterocycles. The lowest BCUT2D eigenvalue weighted by atomic mass is 9.85. The number of imide groups is 1. The van der Waals surface area contributed by atoms with Gasteiger partial charge in [0.15, 0.2) is 0 Å². The Morgan fingerprint density at radius 1 is 1.00 bits per heavy atom. The highest BCUT2D eigenvalue weighted by atomic mass is 16.5. The number of hydrogen-bond acceptors (Lipinski definition) is 3. The van der Waals surface area contributed by atoms with Gasteiger partial charge in [-0.25, -0.2) is 4.90 Å². The summed E-state index contributed by atoms with van der Waals surface area (Å²) in [5.74, 6) is -0.911. The monoisotopic (exact) mass is 269 g/mol. The van der Waals surface area contributed by atoms with Gasteiger partial charge in [-0.15, -0.1) is 0 Å². The predicted octanol–water partition coefficient (Wildman–Crippen LogP) is 1.75. The lowest BCUT2D eigenvalue weighted by Gasteiger charge is -2.20. The molecule has 0 N–H and O–H groups in total. The summed E-state index contributed by atoms with van der Waals surface area (Å²) < 4.78 is 5.64. The molecule has 4 rings (SSSR count). The molecule has 2 bridgehead atoms. The van der Waals surface area contributed by atoms with Crippen molar-refractivity contribution in [3.63, 3.8) is 0 Å². The van der Waals surface area contributed by atoms with E-state index in [1.807, 2.05) is 44.2 Å². The minimum absolute atomic E-state index is 0.120. The molecule has 102 valence electrons. The molecule has 2 amide bonds. The number of nitrogens with zero attached hydrogens (tertiary/aromatic N) is 1. The molecule has 0 radical (unpaired) electrons. The number of carbonyl (C=O) groups is 2. The zero-order chi connectivity index (χ0) is 14.0. The lowest BCUT2D eigenvalue weighted by molar-refractivity contribution is -0.124. The fraction of sp³-hybridized carbons (Fsp3) is 0.375. The Morgan fingerprint density at radius 2 is 1.60 bits per heavy atom. The smallest absolute Gasteiger partial charge is 0.240 e. The Labute approximate surface area is 117 Å². The zero-order valence-electron chi connectivity index (χ0n) is 11.4. The third-order valence-electron chi connectivity index (χ3n) is 4.73. The van der Waals surface area contributed by atoms with Crippen LogP contribution in [0.15, 0.2) is 30.4 Å². The molecule has 0 spiro atoms. The van der Waals surface area contributed by atoms with Gasteiger partial charge >= 0.3 is 0 Å². The van der Waals surface area contributed by atoms with Crippen molar-refractivity contribution >= 4 is 17.5 Å². The largest absolute Gasteiger partial charge is 0.365 e. The van der Waals surface area contributed by atoms with Crippen LogP contribution in [0.25, 0.3) is 0 Å². The molecule has 3 aliphatic rings. The van der Waals surface area contributed by atoms with Crippen LogP contribution in [0.3, 0.4) is 0 Å². The number of benzene rings is 1. The molecule has 20 heavy (non-hydrogen) atoms. The van der Waals surface area contributed by atoms with E-state index in [-0.39, 0.29) is 35.9 Å². The van der Waals surface area contributed by atoms with E-state index >= 15 is 0 Å². The number of fused-ring (bicyclic) bond motifs is 5. The second-order valence-corrected chi connectivity index (χ2v) is 5.73. The SMILES string of the molecule is Cc1cccc(N2C(=O)[C@@H]3[C@@H](C2=O)[C@H]2C=C[C@@H]3O2)c1C. The van der Waals surface area contributed by atoms with Gasteiger partial charge in [0.25, 0.3) is 0 Å². The first kappa shape index (κ1) is 11.9. The van der Waals surface area contributed by atoms with Crippen LogP contribution >= 0.6 is 0 Å². The normalized spacial score (nSPS) is 34.2. The number of hydrogen-bond donors (Lipinski definition) is 0. The summed E-state index contributed by atoms with van der Waals surface area (Å²) in [6, 6.07) is 5.71. The molecule has 2 saturated heterocycles. The second kappa shape index (κ2) is 3.79. The molecule has 4 heteroatoms. The first-order valence-corrected chi connectivity index (χ1v) is 6.87. The van der Waals surface area contributed by atoms with Gasteiger partial charge in [0.05, 0.1) is 29.7 Å². The van der Waals surface area contributed by atoms with Crippen LogP contribution < -0.4 is 4.90 Å². The Balaban J connectivity index is 1.80. The van der Waals surface area contributed by atoms with Crippen molar-refractivity contribution in [3.05, 3.63) is 41.5 Å². The molecule has 3 aliphatic heterocycles. The summed E-state index contributed by atoms with van der Waals surface area (Å²) >= 11 is 0. The molecule has 0 aromatic heterocycles. The molecule has 4 nitrogen and oxygen atoms in total. The summed E-state index contributed by atoms with van der Waals surface area (Å²) in [6.45, 7) is 3.93. The first-order chi connectivity index (χ1) is 9.59. The third kappa shape index (κ3) is 1.29. The molecule has 0 saturated carbocycles. The number of ether oxygens (including phenoxy) is 1. The molecule has 0 unspecified atom stereocenters. The van der Waals surface area contributed by atoms with E-state index in [0.717, 1.165) is 11.1 Å². The highest BCUT2D eigenvalue weighted by Crippen LogP contribution is 2.46. The number of rotatable bonds is 1. The van der Waals surface area contributed by atoms with E-state index in [2.05, 4.69) is 0 Å². The van der Waals surface area contributed by atoms with Crippen LogP contribution in [0.5, 0.6) is 0 Å². The maximum absolute atomic E-state index is 12.6. The summed E-state index contributed by atoms with van der Waals surface area (Å²) in [6.07, 6.45) is 3.36. The molecule has 4 atom stereocenters. The molecular weight excluding hydrogens is 254 g/mol. The Bertz CT molecular complexity index is 634. The van der Waals surface area contributed by atoms with Gasteiger partial charge in [0.2, 0.25) is 11.8 Å². The Morgan fingerprint density at radius 3 is 2.20 bits per heavy atom. The van der Waals surface area contributed by atoms with Gasteiger partial charge in [-0.2, -0.15) is 0 Å². The van der Waals surface area contributed by atoms with Gasteiger partial charge in [-0.1, -0.05) is 24.3 Å². The highest BCUT2D eigenvalue weighted by Gasteiger charge is 2.61. The summed E-state index contributed by atoms with van der Waals surface area (Å²) in [4.78, 5) is 26.7. The Kier molecular flexibility index (Phi) is 2.25. The van der Waals surface area contributed by atoms with Crippen molar-refractivity contribution in [1.82, 2.24) is 0 Å². The van der Waals surface area contributed by atoms with Gasteiger partial charge in [0, 0.05) is 0 Å². The standard InChI is InChI=1S/C16H15NO3/c1-8-4-3-5-10(9(8)2)17-15(18)13-11-6-7-12(20-11)14(13)16(17)19/h3-7,11-14H,1-2H3/t11-,12+,13-,14-/m0/s1. The maximum atomic E-state index is 12.6. The van der Waals surface area contributed by atoms with E-state index < -0.39 is 0 Å². The third-order valence-corrected chi connectivity index (χ3v) is 4.73. The predicted molar refractivity (Wildman–Crippen MR) is 73.2 cm³/mol. The zero-order valence-corrected chi connectivity index (χ0v) is 11.4. The molecule has 1 aromatic rings. The van der Waals surface area contributed by atoms with Gasteiger partial charge in [-0.3, -0.25) is 9.59 Å². The highest BCUT2D eigenvalue weighted by molar-refractivity contribution is 6.23. The van der Waals surface area contributed by atoms with Crippen molar-refractivity contribution in [2.24, 2.45) is 11.8 Å². The van der Waals surface area contributed by atoms with E-state index in [1.54, 1.807) is 0 Å². The maximum Gasteiger partial charge on any atom is 0.240 e. The number of carbonyl (C=O) groups excluding carboxylic acids is 2. The molecule has 1 aromatic carbocycles. The number of anilines is 1. The molecule has 2 fully saturated rings. The van der Waals surface area contributed by atoms with Crippen LogP contribution in [0, 0.1) is 25.7 Å². The number of aryl methyl sites for hydroxylation is 1. The lowest BCUT2D eigenvalue weighted by Crippen LogP contribution is -2.35. The summed E-state index contributed by atoms with van der Waals surface area (Å²) in [5, 5.41) is 0. The van der Waals surface area contributed by atoms with Gasteiger partial charge in [0.1, 0.15) is 0 Å². The summed E-state index contributed by atoms with van der Waals surface area (Å²) in [5.41, 5.74) is 2.78. The van der Waals surface area contributed by atoms with E-state index in [0.29, 0.717) is 5.69 Å². The number of amides is 2. The fourth-order valence-corrected chi connectivity index (χ4v) is 3.52. The van der Waals surface area contributed by atoms with Crippen molar-refractivity contribution in [3.8, 4) is 0 Å². The van der Waals surface area contributed by atoms with Crippen LogP contribution in [0.4, 0.5) is 5.69 Å². The second-order valence-electron chi connectivity index (χ2n) is 5.73. The van der Waals surface area contributed by atoms with Crippen LogP contribution in [-0.2, 0) is 14.3 Å². The molecule has 0 aliphatic carbocycles. The van der Waals surface area contributed by atoms with Crippen LogP contribution in [0.1, 0.15) is 11.1 Å².